The van der Waals surface area contributed by atoms with E-state index in [1.165, 1.54) is 10.6 Å². The Balaban J connectivity index is 2.63. The third-order valence-electron chi connectivity index (χ3n) is 3.03. The van der Waals surface area contributed by atoms with E-state index < -0.39 is 10.0 Å². The summed E-state index contributed by atoms with van der Waals surface area (Å²) in [7, 11) is -3.11. The lowest BCUT2D eigenvalue weighted by atomic mass is 10.1. The van der Waals surface area contributed by atoms with Gasteiger partial charge in [0.2, 0.25) is 10.0 Å². The van der Waals surface area contributed by atoms with Gasteiger partial charge in [0, 0.05) is 26.2 Å². The van der Waals surface area contributed by atoms with Crippen LogP contribution >= 0.6 is 0 Å². The molecule has 1 saturated heterocycles. The van der Waals surface area contributed by atoms with Crippen molar-refractivity contribution in [1.29, 1.82) is 0 Å². The molecule has 0 spiro atoms. The lowest BCUT2D eigenvalue weighted by Gasteiger charge is -2.37. The van der Waals surface area contributed by atoms with Gasteiger partial charge in [-0.3, -0.25) is 4.90 Å². The molecule has 1 fully saturated rings. The van der Waals surface area contributed by atoms with Crippen molar-refractivity contribution in [2.24, 2.45) is 10.9 Å². The maximum atomic E-state index is 11.3. The van der Waals surface area contributed by atoms with Gasteiger partial charge in [-0.15, -0.1) is 0 Å². The predicted octanol–water partition coefficient (Wildman–Crippen LogP) is -0.911. The summed E-state index contributed by atoms with van der Waals surface area (Å²) in [5.74, 6) is 0.181. The fourth-order valence-corrected chi connectivity index (χ4v) is 2.89. The van der Waals surface area contributed by atoms with Crippen LogP contribution in [0, 0.1) is 0 Å². The van der Waals surface area contributed by atoms with E-state index in [2.05, 4.69) is 5.16 Å². The van der Waals surface area contributed by atoms with E-state index in [0.717, 1.165) is 6.42 Å². The fraction of sp³-hybridized carbons (Fsp3) is 0.889. The Hall–Kier alpha value is -0.860. The summed E-state index contributed by atoms with van der Waals surface area (Å²) >= 11 is 0. The second-order valence-electron chi connectivity index (χ2n) is 4.15. The zero-order valence-electron chi connectivity index (χ0n) is 10.2. The number of hydrogen-bond acceptors (Lipinski definition) is 5. The number of oxime groups is 1. The molecule has 7 nitrogen and oxygen atoms in total. The van der Waals surface area contributed by atoms with E-state index >= 15 is 0 Å². The molecule has 0 saturated carbocycles. The van der Waals surface area contributed by atoms with Crippen LogP contribution in [0.25, 0.3) is 0 Å². The maximum Gasteiger partial charge on any atom is 0.211 e. The van der Waals surface area contributed by atoms with Crippen molar-refractivity contribution in [3.05, 3.63) is 0 Å². The molecule has 0 aromatic carbocycles. The number of hydrogen-bond donors (Lipinski definition) is 2. The van der Waals surface area contributed by atoms with Gasteiger partial charge in [0.1, 0.15) is 0 Å². The third-order valence-corrected chi connectivity index (χ3v) is 4.33. The van der Waals surface area contributed by atoms with Crippen molar-refractivity contribution in [2.45, 2.75) is 19.4 Å². The number of amidine groups is 1. The normalized spacial score (nSPS) is 22.6. The molecule has 8 heteroatoms. The van der Waals surface area contributed by atoms with Crippen molar-refractivity contribution >= 4 is 15.9 Å². The van der Waals surface area contributed by atoms with Crippen molar-refractivity contribution in [3.8, 4) is 0 Å². The number of nitrogens with zero attached hydrogens (tertiary/aromatic N) is 3. The Bertz CT molecular complexity index is 374. The van der Waals surface area contributed by atoms with E-state index in [1.807, 2.05) is 11.8 Å². The van der Waals surface area contributed by atoms with E-state index in [4.69, 9.17) is 10.9 Å². The Labute approximate surface area is 102 Å². The molecular formula is C9H20N4O3S. The first-order chi connectivity index (χ1) is 7.90. The third kappa shape index (κ3) is 3.55. The quantitative estimate of drug-likeness (QED) is 0.296. The SMILES string of the molecule is CCC(C(N)=NO)N1CCN(S(C)(=O)=O)CC1. The van der Waals surface area contributed by atoms with Gasteiger partial charge in [0.05, 0.1) is 12.3 Å². The van der Waals surface area contributed by atoms with Crippen LogP contribution in [-0.4, -0.2) is 67.1 Å². The van der Waals surface area contributed by atoms with Crippen LogP contribution in [0.1, 0.15) is 13.3 Å². The number of rotatable bonds is 4. The monoisotopic (exact) mass is 264 g/mol. The highest BCUT2D eigenvalue weighted by Gasteiger charge is 2.28. The lowest BCUT2D eigenvalue weighted by molar-refractivity contribution is 0.161. The van der Waals surface area contributed by atoms with Crippen LogP contribution in [0.3, 0.4) is 0 Å². The topological polar surface area (TPSA) is 99.2 Å². The molecule has 0 amide bonds. The van der Waals surface area contributed by atoms with Crippen LogP contribution in [-0.2, 0) is 10.0 Å². The van der Waals surface area contributed by atoms with Gasteiger partial charge in [-0.1, -0.05) is 12.1 Å². The van der Waals surface area contributed by atoms with E-state index in [1.54, 1.807) is 0 Å². The number of piperazine rings is 1. The Morgan fingerprint density at radius 3 is 2.29 bits per heavy atom. The molecule has 100 valence electrons. The summed E-state index contributed by atoms with van der Waals surface area (Å²) in [5.41, 5.74) is 5.61. The van der Waals surface area contributed by atoms with Gasteiger partial charge < -0.3 is 10.9 Å². The molecule has 1 aliphatic heterocycles. The lowest BCUT2D eigenvalue weighted by Crippen LogP contribution is -2.54. The van der Waals surface area contributed by atoms with Crippen LogP contribution in [0.4, 0.5) is 0 Å². The maximum absolute atomic E-state index is 11.3. The molecule has 17 heavy (non-hydrogen) atoms. The van der Waals surface area contributed by atoms with Crippen molar-refractivity contribution < 1.29 is 13.6 Å². The molecule has 0 bridgehead atoms. The first-order valence-corrected chi connectivity index (χ1v) is 7.41. The Morgan fingerprint density at radius 2 is 1.94 bits per heavy atom. The molecule has 1 rings (SSSR count). The van der Waals surface area contributed by atoms with Gasteiger partial charge in [-0.25, -0.2) is 8.42 Å². The average Bonchev–Trinajstić information content (AvgIpc) is 2.29. The molecule has 3 N–H and O–H groups in total. The van der Waals surface area contributed by atoms with E-state index in [-0.39, 0.29) is 11.9 Å². The van der Waals surface area contributed by atoms with Crippen LogP contribution in [0.2, 0.25) is 0 Å². The zero-order chi connectivity index (χ0) is 13.1. The van der Waals surface area contributed by atoms with Crippen LogP contribution in [0.15, 0.2) is 5.16 Å². The minimum Gasteiger partial charge on any atom is -0.409 e. The minimum absolute atomic E-state index is 0.123. The van der Waals surface area contributed by atoms with Crippen molar-refractivity contribution in [3.63, 3.8) is 0 Å². The first kappa shape index (κ1) is 14.2. The standard InChI is InChI=1S/C9H20N4O3S/c1-3-8(9(10)11-14)12-4-6-13(7-5-12)17(2,15)16/h8,14H,3-7H2,1-2H3,(H2,10,11). The smallest absolute Gasteiger partial charge is 0.211 e. The van der Waals surface area contributed by atoms with Gasteiger partial charge in [-0.05, 0) is 6.42 Å². The summed E-state index contributed by atoms with van der Waals surface area (Å²) in [6.45, 7) is 4.05. The molecule has 1 unspecified atom stereocenters. The summed E-state index contributed by atoms with van der Waals surface area (Å²) in [4.78, 5) is 2.04. The molecule has 1 heterocycles. The summed E-state index contributed by atoms with van der Waals surface area (Å²) < 4.78 is 24.1. The molecule has 0 aromatic rings. The second-order valence-corrected chi connectivity index (χ2v) is 6.13. The van der Waals surface area contributed by atoms with Gasteiger partial charge in [-0.2, -0.15) is 4.31 Å². The summed E-state index contributed by atoms with van der Waals surface area (Å²) in [5, 5.41) is 11.7. The van der Waals surface area contributed by atoms with Gasteiger partial charge >= 0.3 is 0 Å². The van der Waals surface area contributed by atoms with E-state index in [9.17, 15) is 8.42 Å². The molecular weight excluding hydrogens is 244 g/mol. The van der Waals surface area contributed by atoms with Crippen molar-refractivity contribution in [1.82, 2.24) is 9.21 Å². The Kier molecular flexibility index (Phi) is 4.72. The minimum atomic E-state index is -3.11. The average molecular weight is 264 g/mol. The van der Waals surface area contributed by atoms with Crippen molar-refractivity contribution in [2.75, 3.05) is 32.4 Å². The predicted molar refractivity (Wildman–Crippen MR) is 65.5 cm³/mol. The highest BCUT2D eigenvalue weighted by molar-refractivity contribution is 7.88. The molecule has 0 radical (unpaired) electrons. The Morgan fingerprint density at radius 1 is 1.41 bits per heavy atom. The van der Waals surface area contributed by atoms with Gasteiger partial charge in [0.15, 0.2) is 5.84 Å². The van der Waals surface area contributed by atoms with E-state index in [0.29, 0.717) is 26.2 Å². The highest BCUT2D eigenvalue weighted by atomic mass is 32.2. The summed E-state index contributed by atoms with van der Waals surface area (Å²) in [6, 6.07) is -0.123. The largest absolute Gasteiger partial charge is 0.409 e. The molecule has 1 aliphatic rings. The summed E-state index contributed by atoms with van der Waals surface area (Å²) in [6.07, 6.45) is 1.94. The second kappa shape index (κ2) is 5.65. The van der Waals surface area contributed by atoms with Crippen LogP contribution < -0.4 is 5.73 Å². The first-order valence-electron chi connectivity index (χ1n) is 5.56. The fourth-order valence-electron chi connectivity index (χ4n) is 2.07. The van der Waals surface area contributed by atoms with Gasteiger partial charge in [0.25, 0.3) is 0 Å². The number of nitrogens with two attached hydrogens (primary N) is 1. The number of sulfonamides is 1. The molecule has 0 aromatic heterocycles. The zero-order valence-corrected chi connectivity index (χ0v) is 11.0. The molecule has 1 atom stereocenters. The highest BCUT2D eigenvalue weighted by Crippen LogP contribution is 2.11. The molecule has 0 aliphatic carbocycles. The van der Waals surface area contributed by atoms with Crippen LogP contribution in [0.5, 0.6) is 0 Å².